The molecule has 6 unspecified atom stereocenters. The largest absolute Gasteiger partial charge is 0.306 e. The van der Waals surface area contributed by atoms with E-state index in [1.165, 1.54) is 103 Å². The minimum atomic E-state index is 0.888. The van der Waals surface area contributed by atoms with Crippen molar-refractivity contribution in [3.8, 4) is 0 Å². The van der Waals surface area contributed by atoms with Gasteiger partial charge in [-0.1, -0.05) is 97.3 Å². The van der Waals surface area contributed by atoms with E-state index in [-0.39, 0.29) is 0 Å². The van der Waals surface area contributed by atoms with Crippen LogP contribution < -0.4 is 0 Å². The lowest BCUT2D eigenvalue weighted by Crippen LogP contribution is -2.43. The Morgan fingerprint density at radius 2 is 1.25 bits per heavy atom. The van der Waals surface area contributed by atoms with Gasteiger partial charge < -0.3 is 9.80 Å². The van der Waals surface area contributed by atoms with Gasteiger partial charge in [-0.15, -0.1) is 0 Å². The van der Waals surface area contributed by atoms with Crippen molar-refractivity contribution in [1.29, 1.82) is 0 Å². The smallest absolute Gasteiger partial charge is 0.0155 e. The molecule has 208 valence electrons. The van der Waals surface area contributed by atoms with Crippen molar-refractivity contribution in [2.24, 2.45) is 53.3 Å². The van der Waals surface area contributed by atoms with E-state index >= 15 is 0 Å². The molecule has 2 nitrogen and oxygen atoms in total. The Kier molecular flexibility index (Phi) is 9.81. The van der Waals surface area contributed by atoms with E-state index in [0.29, 0.717) is 0 Å². The first-order valence-electron chi connectivity index (χ1n) is 16.9. The van der Waals surface area contributed by atoms with Gasteiger partial charge in [0.1, 0.15) is 0 Å². The molecule has 0 spiro atoms. The van der Waals surface area contributed by atoms with Gasteiger partial charge in [-0.05, 0) is 93.0 Å². The van der Waals surface area contributed by atoms with Crippen LogP contribution in [-0.4, -0.2) is 49.6 Å². The fourth-order valence-corrected chi connectivity index (χ4v) is 10.4. The Balaban J connectivity index is 1.29. The third-order valence-electron chi connectivity index (χ3n) is 12.1. The van der Waals surface area contributed by atoms with Crippen LogP contribution in [0, 0.1) is 53.3 Å². The zero-order valence-electron chi connectivity index (χ0n) is 24.8. The van der Waals surface area contributed by atoms with Crippen LogP contribution in [0.4, 0.5) is 0 Å². The predicted octanol–water partition coefficient (Wildman–Crippen LogP) is 8.50. The predicted molar refractivity (Wildman–Crippen MR) is 155 cm³/mol. The maximum absolute atomic E-state index is 3.12. The summed E-state index contributed by atoms with van der Waals surface area (Å²) in [6.07, 6.45) is 25.8. The molecule has 0 aliphatic heterocycles. The second-order valence-electron chi connectivity index (χ2n) is 15.2. The number of nitrogens with zero attached hydrogens (tertiary/aromatic N) is 2. The molecule has 0 aromatic heterocycles. The van der Waals surface area contributed by atoms with Crippen LogP contribution in [0.5, 0.6) is 0 Å². The monoisotopic (exact) mass is 498 g/mol. The Morgan fingerprint density at radius 1 is 0.639 bits per heavy atom. The molecule has 0 aromatic rings. The molecule has 5 fully saturated rings. The van der Waals surface area contributed by atoms with E-state index in [9.17, 15) is 0 Å². The highest BCUT2D eigenvalue weighted by Crippen LogP contribution is 2.56. The third-order valence-corrected chi connectivity index (χ3v) is 12.1. The molecule has 36 heavy (non-hydrogen) atoms. The van der Waals surface area contributed by atoms with E-state index in [1.54, 1.807) is 25.7 Å². The summed E-state index contributed by atoms with van der Waals surface area (Å²) in [4.78, 5) is 5.68. The molecule has 5 saturated carbocycles. The van der Waals surface area contributed by atoms with Crippen molar-refractivity contribution in [3.05, 3.63) is 0 Å². The lowest BCUT2D eigenvalue weighted by Gasteiger charge is -2.42. The molecule has 0 aromatic carbocycles. The van der Waals surface area contributed by atoms with Gasteiger partial charge in [0.15, 0.2) is 0 Å². The minimum absolute atomic E-state index is 0.888. The van der Waals surface area contributed by atoms with Crippen LogP contribution in [-0.2, 0) is 0 Å². The molecule has 8 atom stereocenters. The highest BCUT2D eigenvalue weighted by atomic mass is 15.2. The minimum Gasteiger partial charge on any atom is -0.306 e. The van der Waals surface area contributed by atoms with Gasteiger partial charge in [-0.25, -0.2) is 0 Å². The number of hydrogen-bond acceptors (Lipinski definition) is 2. The average molecular weight is 499 g/mol. The van der Waals surface area contributed by atoms with Crippen LogP contribution in [0.2, 0.25) is 0 Å². The first-order valence-corrected chi connectivity index (χ1v) is 16.9. The van der Waals surface area contributed by atoms with Crippen molar-refractivity contribution in [3.63, 3.8) is 0 Å². The number of fused-ring (bicyclic) bond motifs is 1. The van der Waals surface area contributed by atoms with Crippen LogP contribution in [0.3, 0.4) is 0 Å². The Morgan fingerprint density at radius 3 is 1.86 bits per heavy atom. The second kappa shape index (κ2) is 12.8. The van der Waals surface area contributed by atoms with Crippen molar-refractivity contribution in [2.45, 2.75) is 129 Å². The van der Waals surface area contributed by atoms with E-state index in [1.807, 2.05) is 0 Å². The Labute approximate surface area is 225 Å². The summed E-state index contributed by atoms with van der Waals surface area (Å²) in [7, 11) is 4.67. The second-order valence-corrected chi connectivity index (χ2v) is 15.2. The van der Waals surface area contributed by atoms with Gasteiger partial charge in [0.25, 0.3) is 0 Å². The maximum atomic E-state index is 3.12. The average Bonchev–Trinajstić information content (AvgIpc) is 3.64. The van der Waals surface area contributed by atoms with E-state index in [2.05, 4.69) is 37.7 Å². The molecule has 0 N–H and O–H groups in total. The molecule has 5 aliphatic carbocycles. The molecule has 5 rings (SSSR count). The highest BCUT2D eigenvalue weighted by Gasteiger charge is 2.57. The van der Waals surface area contributed by atoms with Crippen molar-refractivity contribution < 1.29 is 0 Å². The maximum Gasteiger partial charge on any atom is 0.0155 e. The standard InChI is InChI=1S/C34H62N2/c1-25-13-12-14-27(19-25)22-36(23-28-20-26(2)33-31(21-28)34(33)35(3)4)24-32(30-17-10-7-11-18-30)29-15-8-5-6-9-16-29/h25-34H,5-24H2,1-4H3/t25?,26?,27?,28?,31?,32-,33-,34?/m1/s1. The van der Waals surface area contributed by atoms with Crippen molar-refractivity contribution in [2.75, 3.05) is 33.7 Å². The zero-order valence-corrected chi connectivity index (χ0v) is 24.8. The molecule has 0 amide bonds. The summed E-state index contributed by atoms with van der Waals surface area (Å²) >= 11 is 0. The fourth-order valence-electron chi connectivity index (χ4n) is 10.4. The Hall–Kier alpha value is -0.0800. The summed E-state index contributed by atoms with van der Waals surface area (Å²) in [5.41, 5.74) is 0. The normalized spacial score (nSPS) is 39.7. The Bertz CT molecular complexity index is 642. The topological polar surface area (TPSA) is 6.48 Å². The van der Waals surface area contributed by atoms with Gasteiger partial charge in [0, 0.05) is 25.7 Å². The van der Waals surface area contributed by atoms with E-state index in [0.717, 1.165) is 59.3 Å². The summed E-state index contributed by atoms with van der Waals surface area (Å²) in [6.45, 7) is 9.43. The van der Waals surface area contributed by atoms with Crippen LogP contribution in [0.25, 0.3) is 0 Å². The summed E-state index contributed by atoms with van der Waals surface area (Å²) in [5.74, 6) is 8.88. The van der Waals surface area contributed by atoms with Gasteiger partial charge >= 0.3 is 0 Å². The summed E-state index contributed by atoms with van der Waals surface area (Å²) < 4.78 is 0. The molecule has 2 heteroatoms. The molecule has 5 aliphatic rings. The number of rotatable bonds is 9. The van der Waals surface area contributed by atoms with Gasteiger partial charge in [-0.3, -0.25) is 0 Å². The lowest BCUT2D eigenvalue weighted by molar-refractivity contribution is 0.0702. The fraction of sp³-hybridized carbons (Fsp3) is 1.00. The van der Waals surface area contributed by atoms with Gasteiger partial charge in [-0.2, -0.15) is 0 Å². The van der Waals surface area contributed by atoms with Crippen LogP contribution in [0.1, 0.15) is 123 Å². The van der Waals surface area contributed by atoms with Crippen LogP contribution >= 0.6 is 0 Å². The molecule has 0 bridgehead atoms. The number of hydrogen-bond donors (Lipinski definition) is 0. The highest BCUT2D eigenvalue weighted by molar-refractivity contribution is 5.09. The van der Waals surface area contributed by atoms with E-state index < -0.39 is 0 Å². The lowest BCUT2D eigenvalue weighted by atomic mass is 9.71. The third kappa shape index (κ3) is 6.91. The molecule has 0 saturated heterocycles. The SMILES string of the molecule is CC1CCCC(CN(CC2CC(C)[C@@H]3C(C2)C3N(C)C)C[C@H](C2CCCCCC2)C2CCCCC2)C1. The van der Waals surface area contributed by atoms with Crippen molar-refractivity contribution >= 4 is 0 Å². The first kappa shape index (κ1) is 27.5. The quantitative estimate of drug-likeness (QED) is 0.294. The van der Waals surface area contributed by atoms with E-state index in [4.69, 9.17) is 0 Å². The molecular formula is C34H62N2. The molecule has 0 radical (unpaired) electrons. The molecular weight excluding hydrogens is 436 g/mol. The van der Waals surface area contributed by atoms with Crippen molar-refractivity contribution in [1.82, 2.24) is 9.80 Å². The summed E-state index contributed by atoms with van der Waals surface area (Å²) in [5, 5.41) is 0. The first-order chi connectivity index (χ1) is 17.5. The van der Waals surface area contributed by atoms with Gasteiger partial charge in [0.2, 0.25) is 0 Å². The van der Waals surface area contributed by atoms with Crippen LogP contribution in [0.15, 0.2) is 0 Å². The van der Waals surface area contributed by atoms with Gasteiger partial charge in [0.05, 0.1) is 0 Å². The zero-order chi connectivity index (χ0) is 25.1. The molecule has 0 heterocycles. The summed E-state index contributed by atoms with van der Waals surface area (Å²) in [6, 6.07) is 0.888.